The minimum atomic E-state index is -1.12. The van der Waals surface area contributed by atoms with Crippen LogP contribution in [0.2, 0.25) is 10.0 Å². The van der Waals surface area contributed by atoms with Gasteiger partial charge in [0, 0.05) is 22.6 Å². The summed E-state index contributed by atoms with van der Waals surface area (Å²) in [5.41, 5.74) is 4.31. The van der Waals surface area contributed by atoms with E-state index in [9.17, 15) is 9.90 Å². The van der Waals surface area contributed by atoms with Crippen molar-refractivity contribution >= 4 is 56.4 Å². The molecule has 2 aromatic rings. The third-order valence-corrected chi connectivity index (χ3v) is 6.34. The molecule has 0 bridgehead atoms. The van der Waals surface area contributed by atoms with Crippen LogP contribution in [0.5, 0.6) is 0 Å². The Balaban J connectivity index is 1.68. The molecule has 30 heavy (non-hydrogen) atoms. The van der Waals surface area contributed by atoms with Crippen molar-refractivity contribution in [2.45, 2.75) is 31.4 Å². The number of anilines is 1. The number of halogens is 3. The predicted octanol–water partition coefficient (Wildman–Crippen LogP) is 4.55. The molecule has 2 atom stereocenters. The fourth-order valence-corrected chi connectivity index (χ4v) is 4.52. The van der Waals surface area contributed by atoms with Crippen LogP contribution in [0.25, 0.3) is 0 Å². The van der Waals surface area contributed by atoms with E-state index in [4.69, 9.17) is 23.2 Å². The van der Waals surface area contributed by atoms with Crippen LogP contribution in [0.4, 0.5) is 5.69 Å². The van der Waals surface area contributed by atoms with Gasteiger partial charge in [-0.2, -0.15) is 5.10 Å². The summed E-state index contributed by atoms with van der Waals surface area (Å²) < 4.78 is 0.916. The molecule has 2 aliphatic rings. The number of nitrogens with one attached hydrogen (secondary N) is 1. The van der Waals surface area contributed by atoms with Crippen LogP contribution in [-0.2, 0) is 4.79 Å². The molecule has 4 rings (SSSR count). The average Bonchev–Trinajstić information content (AvgIpc) is 3.06. The first-order valence-electron chi connectivity index (χ1n) is 9.76. The minimum Gasteiger partial charge on any atom is -0.384 e. The van der Waals surface area contributed by atoms with Crippen LogP contribution in [-0.4, -0.2) is 40.9 Å². The standard InChI is InChI=1S/C21H21BrCl2N4O2/c22-14-6-4-13(5-7-14)19-20(29)18(21(30)26-27-10-2-1-3-11-27)25-28(19)17-9-8-15(23)12-16(17)24/h4-9,12,19-20,29H,1-3,10-11H2,(H,26,30). The van der Waals surface area contributed by atoms with Crippen LogP contribution in [0, 0.1) is 0 Å². The van der Waals surface area contributed by atoms with Crippen molar-refractivity contribution in [1.29, 1.82) is 0 Å². The molecule has 0 aliphatic carbocycles. The molecule has 0 radical (unpaired) electrons. The molecular weight excluding hydrogens is 491 g/mol. The van der Waals surface area contributed by atoms with E-state index in [1.165, 1.54) is 0 Å². The number of amides is 1. The highest BCUT2D eigenvalue weighted by Crippen LogP contribution is 2.40. The van der Waals surface area contributed by atoms with Crippen molar-refractivity contribution in [1.82, 2.24) is 10.4 Å². The molecular formula is C21H21BrCl2N4O2. The van der Waals surface area contributed by atoms with E-state index < -0.39 is 18.1 Å². The van der Waals surface area contributed by atoms with Gasteiger partial charge >= 0.3 is 0 Å². The van der Waals surface area contributed by atoms with Gasteiger partial charge in [0.1, 0.15) is 12.1 Å². The van der Waals surface area contributed by atoms with Gasteiger partial charge in [0.25, 0.3) is 5.91 Å². The molecule has 2 aromatic carbocycles. The quantitative estimate of drug-likeness (QED) is 0.631. The summed E-state index contributed by atoms with van der Waals surface area (Å²) in [4.78, 5) is 12.9. The van der Waals surface area contributed by atoms with Gasteiger partial charge in [-0.25, -0.2) is 5.01 Å². The van der Waals surface area contributed by atoms with E-state index >= 15 is 0 Å². The van der Waals surface area contributed by atoms with Crippen molar-refractivity contribution in [3.8, 4) is 0 Å². The predicted molar refractivity (Wildman–Crippen MR) is 123 cm³/mol. The zero-order valence-electron chi connectivity index (χ0n) is 16.1. The number of aliphatic hydroxyl groups excluding tert-OH is 1. The number of hydrazone groups is 1. The van der Waals surface area contributed by atoms with Gasteiger partial charge in [0.2, 0.25) is 0 Å². The number of rotatable bonds is 4. The molecule has 1 amide bonds. The Hall–Kier alpha value is -1.64. The maximum absolute atomic E-state index is 12.9. The zero-order chi connectivity index (χ0) is 21.3. The minimum absolute atomic E-state index is 0.0551. The summed E-state index contributed by atoms with van der Waals surface area (Å²) in [6, 6.07) is 12.0. The summed E-state index contributed by atoms with van der Waals surface area (Å²) in [5.74, 6) is -0.404. The van der Waals surface area contributed by atoms with Crippen molar-refractivity contribution < 1.29 is 9.90 Å². The molecule has 2 unspecified atom stereocenters. The second kappa shape index (κ2) is 9.24. The van der Waals surface area contributed by atoms with Gasteiger partial charge in [-0.15, -0.1) is 0 Å². The monoisotopic (exact) mass is 510 g/mol. The largest absolute Gasteiger partial charge is 0.384 e. The highest BCUT2D eigenvalue weighted by molar-refractivity contribution is 9.10. The highest BCUT2D eigenvalue weighted by Gasteiger charge is 2.42. The molecule has 1 fully saturated rings. The van der Waals surface area contributed by atoms with Gasteiger partial charge in [0.05, 0.1) is 10.7 Å². The molecule has 2 N–H and O–H groups in total. The van der Waals surface area contributed by atoms with E-state index in [1.54, 1.807) is 23.2 Å². The van der Waals surface area contributed by atoms with Crippen LogP contribution >= 0.6 is 39.1 Å². The van der Waals surface area contributed by atoms with E-state index in [0.29, 0.717) is 15.7 Å². The van der Waals surface area contributed by atoms with Gasteiger partial charge in [-0.3, -0.25) is 15.2 Å². The average molecular weight is 512 g/mol. The van der Waals surface area contributed by atoms with Gasteiger partial charge in [-0.1, -0.05) is 57.7 Å². The zero-order valence-corrected chi connectivity index (χ0v) is 19.2. The van der Waals surface area contributed by atoms with Crippen LogP contribution in [0.1, 0.15) is 30.9 Å². The van der Waals surface area contributed by atoms with Crippen LogP contribution in [0.15, 0.2) is 52.0 Å². The lowest BCUT2D eigenvalue weighted by atomic mass is 9.98. The Bertz CT molecular complexity index is 964. The smallest absolute Gasteiger partial charge is 0.284 e. The van der Waals surface area contributed by atoms with Gasteiger partial charge in [0.15, 0.2) is 5.71 Å². The summed E-state index contributed by atoms with van der Waals surface area (Å²) in [7, 11) is 0. The van der Waals surface area contributed by atoms with Crippen molar-refractivity contribution in [3.05, 3.63) is 62.5 Å². The topological polar surface area (TPSA) is 68.2 Å². The molecule has 2 aliphatic heterocycles. The van der Waals surface area contributed by atoms with Crippen LogP contribution < -0.4 is 10.4 Å². The Morgan fingerprint density at radius 1 is 1.10 bits per heavy atom. The second-order valence-corrected chi connectivity index (χ2v) is 9.11. The molecule has 0 aromatic heterocycles. The number of hydrogen-bond acceptors (Lipinski definition) is 5. The third-order valence-electron chi connectivity index (χ3n) is 5.27. The van der Waals surface area contributed by atoms with Crippen LogP contribution in [0.3, 0.4) is 0 Å². The number of hydrazine groups is 1. The lowest BCUT2D eigenvalue weighted by Crippen LogP contribution is -2.49. The van der Waals surface area contributed by atoms with E-state index in [1.807, 2.05) is 29.3 Å². The van der Waals surface area contributed by atoms with E-state index in [-0.39, 0.29) is 5.71 Å². The summed E-state index contributed by atoms with van der Waals surface area (Å²) in [6.45, 7) is 1.58. The first-order chi connectivity index (χ1) is 14.4. The Morgan fingerprint density at radius 3 is 2.47 bits per heavy atom. The molecule has 2 heterocycles. The molecule has 9 heteroatoms. The van der Waals surface area contributed by atoms with E-state index in [0.717, 1.165) is 42.4 Å². The molecule has 158 valence electrons. The number of nitrogens with zero attached hydrogens (tertiary/aromatic N) is 3. The van der Waals surface area contributed by atoms with Crippen molar-refractivity contribution in [2.75, 3.05) is 18.1 Å². The SMILES string of the molecule is O=C(NN1CCCCC1)C1=NN(c2ccc(Cl)cc2Cl)C(c2ccc(Br)cc2)C1O. The highest BCUT2D eigenvalue weighted by atomic mass is 79.9. The van der Waals surface area contributed by atoms with Crippen molar-refractivity contribution in [2.24, 2.45) is 5.10 Å². The summed E-state index contributed by atoms with van der Waals surface area (Å²) in [5, 5.41) is 20.0. The van der Waals surface area contributed by atoms with Gasteiger partial charge < -0.3 is 5.11 Å². The summed E-state index contributed by atoms with van der Waals surface area (Å²) in [6.07, 6.45) is 2.10. The Morgan fingerprint density at radius 2 is 1.80 bits per heavy atom. The lowest BCUT2D eigenvalue weighted by molar-refractivity contribution is -0.120. The normalized spacial score (nSPS) is 22.1. The van der Waals surface area contributed by atoms with Crippen molar-refractivity contribution in [3.63, 3.8) is 0 Å². The molecule has 0 saturated carbocycles. The first kappa shape index (κ1) is 21.6. The molecule has 6 nitrogen and oxygen atoms in total. The second-order valence-electron chi connectivity index (χ2n) is 7.36. The number of aliphatic hydroxyl groups is 1. The maximum Gasteiger partial charge on any atom is 0.284 e. The third kappa shape index (κ3) is 4.50. The Kier molecular flexibility index (Phi) is 6.65. The fourth-order valence-electron chi connectivity index (χ4n) is 3.76. The molecule has 0 spiro atoms. The molecule has 1 saturated heterocycles. The fraction of sp³-hybridized carbons (Fsp3) is 0.333. The Labute approximate surface area is 193 Å². The number of piperidine rings is 1. The number of benzene rings is 2. The number of hydrogen-bond donors (Lipinski definition) is 2. The number of carbonyl (C=O) groups is 1. The van der Waals surface area contributed by atoms with Gasteiger partial charge in [-0.05, 0) is 48.7 Å². The van der Waals surface area contributed by atoms with E-state index in [2.05, 4.69) is 26.5 Å². The first-order valence-corrected chi connectivity index (χ1v) is 11.3. The lowest BCUT2D eigenvalue weighted by Gasteiger charge is -2.27. The summed E-state index contributed by atoms with van der Waals surface area (Å²) >= 11 is 15.9. The maximum atomic E-state index is 12.9. The number of carbonyl (C=O) groups excluding carboxylic acids is 1.